The molecule has 1 heterocycles. The minimum absolute atomic E-state index is 0.108. The molecule has 14 heavy (non-hydrogen) atoms. The fraction of sp³-hybridized carbons (Fsp3) is 0.556. The highest BCUT2D eigenvalue weighted by atomic mass is 16.5. The van der Waals surface area contributed by atoms with Gasteiger partial charge < -0.3 is 14.2 Å². The van der Waals surface area contributed by atoms with E-state index in [1.54, 1.807) is 0 Å². The third-order valence-corrected chi connectivity index (χ3v) is 1.97. The first kappa shape index (κ1) is 10.7. The van der Waals surface area contributed by atoms with Crippen molar-refractivity contribution in [1.82, 2.24) is 0 Å². The van der Waals surface area contributed by atoms with Crippen molar-refractivity contribution in [2.45, 2.75) is 6.42 Å². The van der Waals surface area contributed by atoms with Gasteiger partial charge in [-0.15, -0.1) is 0 Å². The quantitative estimate of drug-likeness (QED) is 0.589. The van der Waals surface area contributed by atoms with E-state index < -0.39 is 11.9 Å². The molecule has 0 radical (unpaired) electrons. The van der Waals surface area contributed by atoms with E-state index in [1.807, 2.05) is 0 Å². The van der Waals surface area contributed by atoms with Crippen LogP contribution in [0, 0.1) is 0 Å². The van der Waals surface area contributed by atoms with Crippen molar-refractivity contribution in [2.75, 3.05) is 27.4 Å². The zero-order valence-electron chi connectivity index (χ0n) is 8.16. The summed E-state index contributed by atoms with van der Waals surface area (Å²) < 4.78 is 14.1. The van der Waals surface area contributed by atoms with Gasteiger partial charge in [-0.2, -0.15) is 0 Å². The molecule has 0 fully saturated rings. The number of esters is 2. The minimum Gasteiger partial charge on any atom is -0.466 e. The summed E-state index contributed by atoms with van der Waals surface area (Å²) in [5.41, 5.74) is 0.608. The van der Waals surface area contributed by atoms with Gasteiger partial charge in [-0.3, -0.25) is 0 Å². The number of rotatable bonds is 2. The Balaban J connectivity index is 2.96. The molecule has 5 nitrogen and oxygen atoms in total. The highest BCUT2D eigenvalue weighted by Gasteiger charge is 2.25. The standard InChI is InChI=1S/C9H12O5/c1-12-8(10)6-3-4-14-5-7(6)9(11)13-2/h3-5H2,1-2H3. The number of hydrogen-bond donors (Lipinski definition) is 0. The van der Waals surface area contributed by atoms with Gasteiger partial charge in [0.25, 0.3) is 0 Å². The predicted molar refractivity (Wildman–Crippen MR) is 46.5 cm³/mol. The summed E-state index contributed by atoms with van der Waals surface area (Å²) in [6, 6.07) is 0. The van der Waals surface area contributed by atoms with E-state index in [4.69, 9.17) is 4.74 Å². The van der Waals surface area contributed by atoms with Crippen molar-refractivity contribution < 1.29 is 23.8 Å². The molecule has 0 aromatic carbocycles. The van der Waals surface area contributed by atoms with Crippen LogP contribution in [0.1, 0.15) is 6.42 Å². The number of carbonyl (C=O) groups is 2. The summed E-state index contributed by atoms with van der Waals surface area (Å²) in [5, 5.41) is 0. The first-order valence-electron chi connectivity index (χ1n) is 4.17. The van der Waals surface area contributed by atoms with Crippen LogP contribution in [0.25, 0.3) is 0 Å². The van der Waals surface area contributed by atoms with Crippen molar-refractivity contribution >= 4 is 11.9 Å². The second kappa shape index (κ2) is 4.76. The van der Waals surface area contributed by atoms with E-state index in [0.29, 0.717) is 18.6 Å². The van der Waals surface area contributed by atoms with Crippen LogP contribution in [-0.2, 0) is 23.8 Å². The lowest BCUT2D eigenvalue weighted by Gasteiger charge is -2.17. The second-order valence-corrected chi connectivity index (χ2v) is 2.74. The van der Waals surface area contributed by atoms with Crippen molar-refractivity contribution in [3.8, 4) is 0 Å². The van der Waals surface area contributed by atoms with Crippen molar-refractivity contribution in [1.29, 1.82) is 0 Å². The summed E-state index contributed by atoms with van der Waals surface area (Å²) in [4.78, 5) is 22.5. The van der Waals surface area contributed by atoms with Crippen LogP contribution in [0.5, 0.6) is 0 Å². The van der Waals surface area contributed by atoms with Gasteiger partial charge in [-0.05, 0) is 0 Å². The highest BCUT2D eigenvalue weighted by Crippen LogP contribution is 2.17. The minimum atomic E-state index is -0.537. The molecule has 1 aliphatic heterocycles. The molecule has 78 valence electrons. The van der Waals surface area contributed by atoms with Crippen LogP contribution in [0.4, 0.5) is 0 Å². The third-order valence-electron chi connectivity index (χ3n) is 1.97. The van der Waals surface area contributed by atoms with Crippen LogP contribution in [-0.4, -0.2) is 39.4 Å². The first-order chi connectivity index (χ1) is 6.70. The van der Waals surface area contributed by atoms with E-state index >= 15 is 0 Å². The van der Waals surface area contributed by atoms with Crippen LogP contribution >= 0.6 is 0 Å². The van der Waals surface area contributed by atoms with Gasteiger partial charge in [-0.25, -0.2) is 9.59 Å². The molecule has 5 heteroatoms. The number of ether oxygens (including phenoxy) is 3. The normalized spacial score (nSPS) is 16.4. The fourth-order valence-electron chi connectivity index (χ4n) is 1.24. The Morgan fingerprint density at radius 1 is 1.14 bits per heavy atom. The number of carbonyl (C=O) groups excluding carboxylic acids is 2. The Hall–Kier alpha value is -1.36. The Bertz CT molecular complexity index is 251. The molecule has 0 spiro atoms. The maximum Gasteiger partial charge on any atom is 0.336 e. The molecule has 1 rings (SSSR count). The Labute approximate surface area is 81.6 Å². The van der Waals surface area contributed by atoms with Crippen molar-refractivity contribution in [2.24, 2.45) is 0 Å². The smallest absolute Gasteiger partial charge is 0.336 e. The van der Waals surface area contributed by atoms with E-state index in [-0.39, 0.29) is 12.2 Å². The summed E-state index contributed by atoms with van der Waals surface area (Å²) in [6.45, 7) is 0.530. The maximum atomic E-state index is 11.3. The molecule has 0 N–H and O–H groups in total. The summed E-state index contributed by atoms with van der Waals surface area (Å²) in [6.07, 6.45) is 0.386. The van der Waals surface area contributed by atoms with Crippen LogP contribution in [0.15, 0.2) is 11.1 Å². The second-order valence-electron chi connectivity index (χ2n) is 2.74. The van der Waals surface area contributed by atoms with E-state index in [9.17, 15) is 9.59 Å². The number of hydrogen-bond acceptors (Lipinski definition) is 5. The van der Waals surface area contributed by atoms with Gasteiger partial charge in [0, 0.05) is 6.42 Å². The third kappa shape index (κ3) is 2.11. The van der Waals surface area contributed by atoms with Crippen LogP contribution < -0.4 is 0 Å². The van der Waals surface area contributed by atoms with Crippen LogP contribution in [0.3, 0.4) is 0 Å². The lowest BCUT2D eigenvalue weighted by Crippen LogP contribution is -2.23. The topological polar surface area (TPSA) is 61.8 Å². The van der Waals surface area contributed by atoms with Gasteiger partial charge in [-0.1, -0.05) is 0 Å². The largest absolute Gasteiger partial charge is 0.466 e. The fourth-order valence-corrected chi connectivity index (χ4v) is 1.24. The summed E-state index contributed by atoms with van der Waals surface area (Å²) in [5.74, 6) is -1.03. The predicted octanol–water partition coefficient (Wildman–Crippen LogP) is 0.0493. The number of methoxy groups -OCH3 is 2. The molecular formula is C9H12O5. The first-order valence-corrected chi connectivity index (χ1v) is 4.17. The van der Waals surface area contributed by atoms with Gasteiger partial charge in [0.05, 0.1) is 38.6 Å². The summed E-state index contributed by atoms with van der Waals surface area (Å²) in [7, 11) is 2.54. The molecule has 0 amide bonds. The Morgan fingerprint density at radius 2 is 1.71 bits per heavy atom. The van der Waals surface area contributed by atoms with Gasteiger partial charge in [0.2, 0.25) is 0 Å². The highest BCUT2D eigenvalue weighted by molar-refractivity contribution is 6.00. The van der Waals surface area contributed by atoms with Crippen LogP contribution in [0.2, 0.25) is 0 Å². The zero-order valence-corrected chi connectivity index (χ0v) is 8.16. The average Bonchev–Trinajstić information content (AvgIpc) is 2.27. The molecule has 0 aliphatic carbocycles. The van der Waals surface area contributed by atoms with E-state index in [1.165, 1.54) is 14.2 Å². The molecule has 0 aromatic rings. The molecule has 0 saturated heterocycles. The van der Waals surface area contributed by atoms with Gasteiger partial charge in [0.1, 0.15) is 0 Å². The monoisotopic (exact) mass is 200 g/mol. The average molecular weight is 200 g/mol. The van der Waals surface area contributed by atoms with E-state index in [2.05, 4.69) is 9.47 Å². The van der Waals surface area contributed by atoms with E-state index in [0.717, 1.165) is 0 Å². The lowest BCUT2D eigenvalue weighted by atomic mass is 10.0. The Kier molecular flexibility index (Phi) is 3.64. The van der Waals surface area contributed by atoms with Crippen molar-refractivity contribution in [3.63, 3.8) is 0 Å². The summed E-state index contributed by atoms with van der Waals surface area (Å²) >= 11 is 0. The molecule has 0 atom stereocenters. The molecule has 0 bridgehead atoms. The molecule has 0 unspecified atom stereocenters. The maximum absolute atomic E-state index is 11.3. The SMILES string of the molecule is COC(=O)C1=C(C(=O)OC)COCC1. The molecular weight excluding hydrogens is 188 g/mol. The van der Waals surface area contributed by atoms with Crippen molar-refractivity contribution in [3.05, 3.63) is 11.1 Å². The lowest BCUT2D eigenvalue weighted by molar-refractivity contribution is -0.140. The van der Waals surface area contributed by atoms with Gasteiger partial charge in [0.15, 0.2) is 0 Å². The Morgan fingerprint density at radius 3 is 2.29 bits per heavy atom. The zero-order chi connectivity index (χ0) is 10.6. The molecule has 0 saturated carbocycles. The molecule has 1 aliphatic rings. The van der Waals surface area contributed by atoms with Gasteiger partial charge >= 0.3 is 11.9 Å². The molecule has 0 aromatic heterocycles.